The van der Waals surface area contributed by atoms with Crippen LogP contribution in [0.1, 0.15) is 5.56 Å². The summed E-state index contributed by atoms with van der Waals surface area (Å²) in [5.41, 5.74) is 6.59. The SMILES string of the molecule is NC(CNCc1csc2ccccc12)C(=O)O. The molecule has 0 aliphatic carbocycles. The molecule has 0 saturated carbocycles. The molecule has 1 atom stereocenters. The van der Waals surface area contributed by atoms with Crippen LogP contribution in [-0.4, -0.2) is 23.7 Å². The number of fused-ring (bicyclic) bond motifs is 1. The molecule has 4 nitrogen and oxygen atoms in total. The molecular weight excluding hydrogens is 236 g/mol. The van der Waals surface area contributed by atoms with Crippen molar-refractivity contribution in [3.05, 3.63) is 35.2 Å². The van der Waals surface area contributed by atoms with E-state index in [1.165, 1.54) is 15.6 Å². The highest BCUT2D eigenvalue weighted by molar-refractivity contribution is 7.17. The summed E-state index contributed by atoms with van der Waals surface area (Å²) in [6, 6.07) is 7.31. The number of hydrogen-bond donors (Lipinski definition) is 3. The third kappa shape index (κ3) is 2.82. The highest BCUT2D eigenvalue weighted by Crippen LogP contribution is 2.25. The Balaban J connectivity index is 1.98. The van der Waals surface area contributed by atoms with Crippen molar-refractivity contribution in [2.45, 2.75) is 12.6 Å². The van der Waals surface area contributed by atoms with E-state index in [9.17, 15) is 4.79 Å². The number of nitrogens with one attached hydrogen (secondary N) is 1. The van der Waals surface area contributed by atoms with Gasteiger partial charge in [0, 0.05) is 17.8 Å². The number of carbonyl (C=O) groups is 1. The maximum absolute atomic E-state index is 10.5. The van der Waals surface area contributed by atoms with Gasteiger partial charge >= 0.3 is 5.97 Å². The Morgan fingerprint density at radius 1 is 1.47 bits per heavy atom. The van der Waals surface area contributed by atoms with Gasteiger partial charge in [-0.25, -0.2) is 0 Å². The number of carboxylic acid groups (broad SMARTS) is 1. The molecule has 5 heteroatoms. The molecule has 17 heavy (non-hydrogen) atoms. The van der Waals surface area contributed by atoms with Crippen molar-refractivity contribution in [2.75, 3.05) is 6.54 Å². The summed E-state index contributed by atoms with van der Waals surface area (Å²) < 4.78 is 1.24. The van der Waals surface area contributed by atoms with Crippen LogP contribution >= 0.6 is 11.3 Å². The predicted molar refractivity (Wildman–Crippen MR) is 69.1 cm³/mol. The average Bonchev–Trinajstić information content (AvgIpc) is 2.72. The first kappa shape index (κ1) is 12.0. The van der Waals surface area contributed by atoms with Crippen LogP contribution in [0.2, 0.25) is 0 Å². The molecule has 1 heterocycles. The fourth-order valence-electron chi connectivity index (χ4n) is 1.62. The lowest BCUT2D eigenvalue weighted by Gasteiger charge is -2.07. The van der Waals surface area contributed by atoms with E-state index in [4.69, 9.17) is 10.8 Å². The average molecular weight is 250 g/mol. The first-order valence-corrected chi connectivity index (χ1v) is 6.20. The molecule has 2 rings (SSSR count). The van der Waals surface area contributed by atoms with Gasteiger partial charge in [0.15, 0.2) is 0 Å². The van der Waals surface area contributed by atoms with E-state index < -0.39 is 12.0 Å². The van der Waals surface area contributed by atoms with E-state index in [0.717, 1.165) is 0 Å². The van der Waals surface area contributed by atoms with Crippen molar-refractivity contribution in [3.8, 4) is 0 Å². The van der Waals surface area contributed by atoms with Gasteiger partial charge < -0.3 is 16.2 Å². The topological polar surface area (TPSA) is 75.3 Å². The van der Waals surface area contributed by atoms with Crippen LogP contribution in [0.25, 0.3) is 10.1 Å². The molecule has 0 bridgehead atoms. The second-order valence-electron chi connectivity index (χ2n) is 3.83. The third-order valence-corrected chi connectivity index (χ3v) is 3.57. The number of rotatable bonds is 5. The van der Waals surface area contributed by atoms with E-state index in [-0.39, 0.29) is 6.54 Å². The van der Waals surface area contributed by atoms with Crippen LogP contribution in [-0.2, 0) is 11.3 Å². The first-order valence-electron chi connectivity index (χ1n) is 5.32. The van der Waals surface area contributed by atoms with Gasteiger partial charge in [0.25, 0.3) is 0 Å². The highest BCUT2D eigenvalue weighted by Gasteiger charge is 2.10. The van der Waals surface area contributed by atoms with Crippen molar-refractivity contribution < 1.29 is 9.90 Å². The van der Waals surface area contributed by atoms with E-state index in [2.05, 4.69) is 22.8 Å². The largest absolute Gasteiger partial charge is 0.480 e. The number of carboxylic acids is 1. The predicted octanol–water partition coefficient (Wildman–Crippen LogP) is 1.40. The second-order valence-corrected chi connectivity index (χ2v) is 4.74. The zero-order valence-corrected chi connectivity index (χ0v) is 10.0. The molecule has 0 fully saturated rings. The van der Waals surface area contributed by atoms with Crippen molar-refractivity contribution in [3.63, 3.8) is 0 Å². The Bertz CT molecular complexity index is 524. The van der Waals surface area contributed by atoms with E-state index >= 15 is 0 Å². The normalized spacial score (nSPS) is 12.8. The van der Waals surface area contributed by atoms with Crippen LogP contribution in [0, 0.1) is 0 Å². The molecule has 0 spiro atoms. The lowest BCUT2D eigenvalue weighted by atomic mass is 10.2. The minimum Gasteiger partial charge on any atom is -0.480 e. The fraction of sp³-hybridized carbons (Fsp3) is 0.250. The van der Waals surface area contributed by atoms with Gasteiger partial charge in [-0.05, 0) is 22.4 Å². The summed E-state index contributed by atoms with van der Waals surface area (Å²) in [4.78, 5) is 10.5. The van der Waals surface area contributed by atoms with Crippen LogP contribution in [0.3, 0.4) is 0 Å². The van der Waals surface area contributed by atoms with Gasteiger partial charge in [-0.15, -0.1) is 11.3 Å². The molecule has 0 aliphatic rings. The van der Waals surface area contributed by atoms with Gasteiger partial charge in [-0.3, -0.25) is 4.79 Å². The molecule has 0 radical (unpaired) electrons. The zero-order chi connectivity index (χ0) is 12.3. The quantitative estimate of drug-likeness (QED) is 0.750. The lowest BCUT2D eigenvalue weighted by Crippen LogP contribution is -2.39. The molecule has 1 aromatic carbocycles. The molecule has 2 aromatic rings. The smallest absolute Gasteiger partial charge is 0.321 e. The second kappa shape index (κ2) is 5.27. The fourth-order valence-corrected chi connectivity index (χ4v) is 2.58. The number of thiophene rings is 1. The molecule has 4 N–H and O–H groups in total. The Labute approximate surface area is 103 Å². The molecule has 0 amide bonds. The Hall–Kier alpha value is -1.43. The van der Waals surface area contributed by atoms with Gasteiger partial charge in [0.05, 0.1) is 0 Å². The standard InChI is InChI=1S/C12H14N2O2S/c13-10(12(15)16)6-14-5-8-7-17-11-4-2-1-3-9(8)11/h1-4,7,10,14H,5-6,13H2,(H,15,16). The van der Waals surface area contributed by atoms with Crippen LogP contribution < -0.4 is 11.1 Å². The third-order valence-electron chi connectivity index (χ3n) is 2.56. The van der Waals surface area contributed by atoms with E-state index in [1.54, 1.807) is 11.3 Å². The lowest BCUT2D eigenvalue weighted by molar-refractivity contribution is -0.138. The zero-order valence-electron chi connectivity index (χ0n) is 9.22. The number of hydrogen-bond acceptors (Lipinski definition) is 4. The van der Waals surface area contributed by atoms with Crippen molar-refractivity contribution >= 4 is 27.4 Å². The van der Waals surface area contributed by atoms with Crippen LogP contribution in [0.5, 0.6) is 0 Å². The van der Waals surface area contributed by atoms with Crippen LogP contribution in [0.4, 0.5) is 0 Å². The summed E-state index contributed by atoms with van der Waals surface area (Å²) in [6.45, 7) is 0.921. The summed E-state index contributed by atoms with van der Waals surface area (Å²) in [5, 5.41) is 15.0. The minimum atomic E-state index is -0.979. The summed E-state index contributed by atoms with van der Waals surface area (Å²) >= 11 is 1.69. The maximum Gasteiger partial charge on any atom is 0.321 e. The molecule has 0 saturated heterocycles. The Morgan fingerprint density at radius 2 is 2.24 bits per heavy atom. The van der Waals surface area contributed by atoms with Crippen LogP contribution in [0.15, 0.2) is 29.6 Å². The van der Waals surface area contributed by atoms with Gasteiger partial charge in [0.2, 0.25) is 0 Å². The monoisotopic (exact) mass is 250 g/mol. The van der Waals surface area contributed by atoms with Crippen molar-refractivity contribution in [2.24, 2.45) is 5.73 Å². The molecule has 1 aromatic heterocycles. The summed E-state index contributed by atoms with van der Waals surface area (Å²) in [6.07, 6.45) is 0. The first-order chi connectivity index (χ1) is 8.18. The van der Waals surface area contributed by atoms with Gasteiger partial charge in [-0.1, -0.05) is 18.2 Å². The molecular formula is C12H14N2O2S. The molecule has 0 aliphatic heterocycles. The maximum atomic E-state index is 10.5. The number of nitrogens with two attached hydrogens (primary N) is 1. The highest BCUT2D eigenvalue weighted by atomic mass is 32.1. The minimum absolute atomic E-state index is 0.277. The number of benzene rings is 1. The van der Waals surface area contributed by atoms with Crippen molar-refractivity contribution in [1.82, 2.24) is 5.32 Å². The Morgan fingerprint density at radius 3 is 3.00 bits per heavy atom. The van der Waals surface area contributed by atoms with Gasteiger partial charge in [-0.2, -0.15) is 0 Å². The molecule has 90 valence electrons. The number of aliphatic carboxylic acids is 1. The van der Waals surface area contributed by atoms with E-state index in [1.807, 2.05) is 12.1 Å². The summed E-state index contributed by atoms with van der Waals surface area (Å²) in [7, 11) is 0. The van der Waals surface area contributed by atoms with E-state index in [0.29, 0.717) is 6.54 Å². The van der Waals surface area contributed by atoms with Gasteiger partial charge in [0.1, 0.15) is 6.04 Å². The molecule has 1 unspecified atom stereocenters. The van der Waals surface area contributed by atoms with Crippen molar-refractivity contribution in [1.29, 1.82) is 0 Å². The summed E-state index contributed by atoms with van der Waals surface area (Å²) in [5.74, 6) is -0.979. The Kier molecular flexibility index (Phi) is 3.73.